The van der Waals surface area contributed by atoms with Crippen molar-refractivity contribution in [3.63, 3.8) is 0 Å². The van der Waals surface area contributed by atoms with Gasteiger partial charge in [-0.15, -0.1) is 11.3 Å². The van der Waals surface area contributed by atoms with Crippen molar-refractivity contribution in [1.29, 1.82) is 0 Å². The second-order valence-electron chi connectivity index (χ2n) is 3.96. The Kier molecular flexibility index (Phi) is 4.47. The monoisotopic (exact) mass is 292 g/mol. The summed E-state index contributed by atoms with van der Waals surface area (Å²) < 4.78 is 18.4. The lowest BCUT2D eigenvalue weighted by molar-refractivity contribution is 0.0959. The van der Waals surface area contributed by atoms with E-state index in [2.05, 4.69) is 10.5 Å². The number of benzene rings is 1. The van der Waals surface area contributed by atoms with E-state index in [0.29, 0.717) is 16.2 Å². The number of carbonyl (C=O) groups is 1. The van der Waals surface area contributed by atoms with Crippen molar-refractivity contribution < 1.29 is 13.9 Å². The minimum Gasteiger partial charge on any atom is -0.494 e. The Morgan fingerprint density at radius 3 is 2.80 bits per heavy atom. The topological polar surface area (TPSA) is 50.7 Å². The predicted molar refractivity (Wildman–Crippen MR) is 76.9 cm³/mol. The molecule has 104 valence electrons. The summed E-state index contributed by atoms with van der Waals surface area (Å²) in [6.07, 6.45) is 0. The third-order valence-corrected chi connectivity index (χ3v) is 3.51. The highest BCUT2D eigenvalue weighted by Crippen LogP contribution is 2.18. The van der Waals surface area contributed by atoms with Crippen molar-refractivity contribution in [2.75, 3.05) is 7.11 Å². The summed E-state index contributed by atoms with van der Waals surface area (Å²) in [6, 6.07) is 8.00. The predicted octanol–water partition coefficient (Wildman–Crippen LogP) is 3.05. The molecule has 0 aliphatic rings. The molecule has 0 spiro atoms. The largest absolute Gasteiger partial charge is 0.494 e. The Morgan fingerprint density at radius 2 is 2.20 bits per heavy atom. The number of ether oxygens (including phenoxy) is 1. The van der Waals surface area contributed by atoms with E-state index in [1.54, 1.807) is 25.1 Å². The van der Waals surface area contributed by atoms with Crippen LogP contribution in [0.5, 0.6) is 5.75 Å². The first kappa shape index (κ1) is 14.2. The molecular weight excluding hydrogens is 279 g/mol. The van der Waals surface area contributed by atoms with Crippen LogP contribution in [0.4, 0.5) is 4.39 Å². The second-order valence-corrected chi connectivity index (χ2v) is 4.91. The summed E-state index contributed by atoms with van der Waals surface area (Å²) in [4.78, 5) is 12.3. The molecule has 2 aromatic rings. The van der Waals surface area contributed by atoms with Gasteiger partial charge in [-0.2, -0.15) is 5.10 Å². The number of carbonyl (C=O) groups excluding carboxylic acids is 1. The summed E-state index contributed by atoms with van der Waals surface area (Å²) >= 11 is 1.33. The first-order valence-corrected chi connectivity index (χ1v) is 6.72. The number of nitrogens with zero attached hydrogens (tertiary/aromatic N) is 1. The lowest BCUT2D eigenvalue weighted by atomic mass is 10.1. The van der Waals surface area contributed by atoms with Crippen LogP contribution in [0.1, 0.15) is 22.2 Å². The summed E-state index contributed by atoms with van der Waals surface area (Å²) in [6.45, 7) is 1.69. The van der Waals surface area contributed by atoms with E-state index < -0.39 is 5.82 Å². The van der Waals surface area contributed by atoms with Gasteiger partial charge >= 0.3 is 0 Å². The van der Waals surface area contributed by atoms with Gasteiger partial charge in [-0.25, -0.2) is 9.82 Å². The molecule has 1 amide bonds. The van der Waals surface area contributed by atoms with Crippen molar-refractivity contribution >= 4 is 23.0 Å². The summed E-state index contributed by atoms with van der Waals surface area (Å²) in [5, 5.41) is 5.77. The molecule has 0 fully saturated rings. The molecule has 0 saturated heterocycles. The maximum absolute atomic E-state index is 13.6. The quantitative estimate of drug-likeness (QED) is 0.695. The normalized spacial score (nSPS) is 11.2. The van der Waals surface area contributed by atoms with E-state index in [0.717, 1.165) is 0 Å². The van der Waals surface area contributed by atoms with Crippen molar-refractivity contribution in [2.45, 2.75) is 6.92 Å². The zero-order valence-electron chi connectivity index (χ0n) is 11.0. The lowest BCUT2D eigenvalue weighted by Gasteiger charge is -2.05. The van der Waals surface area contributed by atoms with E-state index in [4.69, 9.17) is 4.74 Å². The van der Waals surface area contributed by atoms with Gasteiger partial charge in [-0.3, -0.25) is 4.79 Å². The number of nitrogens with one attached hydrogen (secondary N) is 1. The molecule has 1 aromatic heterocycles. The fourth-order valence-corrected chi connectivity index (χ4v) is 2.17. The zero-order chi connectivity index (χ0) is 14.5. The Morgan fingerprint density at radius 1 is 1.40 bits per heavy atom. The Hall–Kier alpha value is -2.21. The van der Waals surface area contributed by atoms with E-state index in [-0.39, 0.29) is 11.7 Å². The van der Waals surface area contributed by atoms with Crippen molar-refractivity contribution in [2.24, 2.45) is 5.10 Å². The van der Waals surface area contributed by atoms with E-state index >= 15 is 0 Å². The number of hydrogen-bond acceptors (Lipinski definition) is 4. The Balaban J connectivity index is 2.10. The lowest BCUT2D eigenvalue weighted by Crippen LogP contribution is -2.18. The van der Waals surface area contributed by atoms with Crippen LogP contribution in [0.15, 0.2) is 40.8 Å². The molecule has 0 aliphatic heterocycles. The zero-order valence-corrected chi connectivity index (χ0v) is 11.8. The third kappa shape index (κ3) is 3.21. The van der Waals surface area contributed by atoms with Gasteiger partial charge in [0.25, 0.3) is 5.91 Å². The van der Waals surface area contributed by atoms with Crippen LogP contribution in [-0.4, -0.2) is 18.7 Å². The minimum absolute atomic E-state index is 0.171. The molecule has 1 heterocycles. The number of amides is 1. The molecule has 2 rings (SSSR count). The van der Waals surface area contributed by atoms with Crippen LogP contribution in [0.25, 0.3) is 0 Å². The van der Waals surface area contributed by atoms with Gasteiger partial charge in [0.1, 0.15) is 0 Å². The number of hydrazone groups is 1. The molecule has 0 radical (unpaired) electrons. The average Bonchev–Trinajstić information content (AvgIpc) is 2.98. The third-order valence-electron chi connectivity index (χ3n) is 2.64. The fourth-order valence-electron chi connectivity index (χ4n) is 1.55. The maximum Gasteiger partial charge on any atom is 0.281 e. The van der Waals surface area contributed by atoms with Gasteiger partial charge in [0.15, 0.2) is 11.6 Å². The molecule has 0 bridgehead atoms. The molecule has 0 aliphatic carbocycles. The summed E-state index contributed by atoms with van der Waals surface area (Å²) in [5.41, 5.74) is 3.53. The van der Waals surface area contributed by atoms with Crippen LogP contribution < -0.4 is 10.2 Å². The van der Waals surface area contributed by atoms with E-state index in [1.165, 1.54) is 30.6 Å². The van der Waals surface area contributed by atoms with Crippen molar-refractivity contribution in [1.82, 2.24) is 5.43 Å². The van der Waals surface area contributed by atoms with Crippen molar-refractivity contribution in [3.8, 4) is 5.75 Å². The number of thiophene rings is 1. The standard InChI is InChI=1S/C14H13FN2O2S/c1-9(10-5-6-12(19-2)11(15)8-10)16-17-14(18)13-4-3-7-20-13/h3-8H,1-2H3,(H,17,18)/b16-9-. The van der Waals surface area contributed by atoms with Crippen molar-refractivity contribution in [3.05, 3.63) is 52.0 Å². The molecule has 1 aromatic carbocycles. The van der Waals surface area contributed by atoms with Gasteiger partial charge in [-0.1, -0.05) is 6.07 Å². The SMILES string of the molecule is COc1ccc(/C(C)=N\NC(=O)c2cccs2)cc1F. The summed E-state index contributed by atoms with van der Waals surface area (Å²) in [5.74, 6) is -0.582. The van der Waals surface area contributed by atoms with E-state index in [9.17, 15) is 9.18 Å². The minimum atomic E-state index is -0.468. The van der Waals surface area contributed by atoms with Crippen LogP contribution in [0.2, 0.25) is 0 Å². The number of methoxy groups -OCH3 is 1. The second kappa shape index (κ2) is 6.29. The molecule has 0 unspecified atom stereocenters. The van der Waals surface area contributed by atoms with Crippen LogP contribution in [0, 0.1) is 5.82 Å². The number of halogens is 1. The number of hydrogen-bond donors (Lipinski definition) is 1. The van der Waals surface area contributed by atoms with E-state index in [1.807, 2.05) is 5.38 Å². The van der Waals surface area contributed by atoms with Gasteiger partial charge in [0.2, 0.25) is 0 Å². The number of rotatable bonds is 4. The van der Waals surface area contributed by atoms with Crippen LogP contribution in [0.3, 0.4) is 0 Å². The summed E-state index contributed by atoms with van der Waals surface area (Å²) in [7, 11) is 1.40. The molecule has 4 nitrogen and oxygen atoms in total. The van der Waals surface area contributed by atoms with Crippen LogP contribution in [-0.2, 0) is 0 Å². The maximum atomic E-state index is 13.6. The highest BCUT2D eigenvalue weighted by Gasteiger charge is 2.07. The van der Waals surface area contributed by atoms with Gasteiger partial charge < -0.3 is 4.74 Å². The molecule has 1 N–H and O–H groups in total. The average molecular weight is 292 g/mol. The van der Waals surface area contributed by atoms with Crippen LogP contribution >= 0.6 is 11.3 Å². The Bertz CT molecular complexity index is 639. The Labute approximate surface area is 119 Å². The molecule has 0 saturated carbocycles. The molecular formula is C14H13FN2O2S. The highest BCUT2D eigenvalue weighted by atomic mass is 32.1. The first-order chi connectivity index (χ1) is 9.61. The highest BCUT2D eigenvalue weighted by molar-refractivity contribution is 7.12. The van der Waals surface area contributed by atoms with Gasteiger partial charge in [0, 0.05) is 5.56 Å². The smallest absolute Gasteiger partial charge is 0.281 e. The first-order valence-electron chi connectivity index (χ1n) is 5.84. The molecule has 20 heavy (non-hydrogen) atoms. The molecule has 6 heteroatoms. The molecule has 0 atom stereocenters. The van der Waals surface area contributed by atoms with Gasteiger partial charge in [0.05, 0.1) is 17.7 Å². The fraction of sp³-hybridized carbons (Fsp3) is 0.143. The van der Waals surface area contributed by atoms with Gasteiger partial charge in [-0.05, 0) is 36.6 Å².